The highest BCUT2D eigenvalue weighted by molar-refractivity contribution is 7.92. The summed E-state index contributed by atoms with van der Waals surface area (Å²) in [6.45, 7) is 2.20. The Hall–Kier alpha value is -0.870. The van der Waals surface area contributed by atoms with Gasteiger partial charge in [0, 0.05) is 6.54 Å². The molecule has 3 heterocycles. The zero-order chi connectivity index (χ0) is 17.2. The van der Waals surface area contributed by atoms with Gasteiger partial charge in [0.15, 0.2) is 9.84 Å². The molecule has 2 aliphatic rings. The van der Waals surface area contributed by atoms with Crippen molar-refractivity contribution >= 4 is 39.5 Å². The lowest BCUT2D eigenvalue weighted by atomic mass is 10.1. The van der Waals surface area contributed by atoms with E-state index in [0.717, 1.165) is 25.9 Å². The van der Waals surface area contributed by atoms with Crippen molar-refractivity contribution in [1.82, 2.24) is 15.1 Å². The zero-order valence-electron chi connectivity index (χ0n) is 13.6. The standard InChI is InChI=1S/C14H21ClN4O4S.ClH/c15-13-12(17-7-11-9-23-5-6-24(11,21)22)8-18-19(14(13)20)10-1-3-16-4-2-10;/h8,10-11,16-17H,1-7,9H2;1H. The van der Waals surface area contributed by atoms with Gasteiger partial charge in [-0.1, -0.05) is 11.6 Å². The molecular weight excluding hydrogens is 391 g/mol. The van der Waals surface area contributed by atoms with Crippen molar-refractivity contribution in [3.63, 3.8) is 0 Å². The smallest absolute Gasteiger partial charge is 0.287 e. The Morgan fingerprint density at radius 1 is 1.40 bits per heavy atom. The van der Waals surface area contributed by atoms with Gasteiger partial charge in [0.05, 0.1) is 36.9 Å². The summed E-state index contributed by atoms with van der Waals surface area (Å²) in [5.41, 5.74) is 0.00365. The number of rotatable bonds is 4. The Morgan fingerprint density at radius 3 is 2.80 bits per heavy atom. The molecule has 25 heavy (non-hydrogen) atoms. The summed E-state index contributed by atoms with van der Waals surface area (Å²) in [6, 6.07) is 0.0393. The third-order valence-electron chi connectivity index (χ3n) is 4.44. The van der Waals surface area contributed by atoms with E-state index in [0.29, 0.717) is 5.69 Å². The normalized spacial score (nSPS) is 23.6. The van der Waals surface area contributed by atoms with E-state index in [1.807, 2.05) is 0 Å². The first-order valence-electron chi connectivity index (χ1n) is 8.00. The minimum absolute atomic E-state index is 0. The molecule has 0 bridgehead atoms. The molecule has 0 aliphatic carbocycles. The Kier molecular flexibility index (Phi) is 7.10. The molecule has 2 saturated heterocycles. The molecule has 3 rings (SSSR count). The first-order valence-corrected chi connectivity index (χ1v) is 10.1. The summed E-state index contributed by atoms with van der Waals surface area (Å²) in [4.78, 5) is 12.4. The molecule has 0 amide bonds. The Labute approximate surface area is 157 Å². The quantitative estimate of drug-likeness (QED) is 0.740. The van der Waals surface area contributed by atoms with Gasteiger partial charge in [-0.05, 0) is 25.9 Å². The van der Waals surface area contributed by atoms with Crippen LogP contribution >= 0.6 is 24.0 Å². The van der Waals surface area contributed by atoms with Gasteiger partial charge in [0.1, 0.15) is 10.3 Å². The van der Waals surface area contributed by atoms with Crippen molar-refractivity contribution in [1.29, 1.82) is 0 Å². The van der Waals surface area contributed by atoms with Gasteiger partial charge >= 0.3 is 0 Å². The summed E-state index contributed by atoms with van der Waals surface area (Å²) in [5, 5.41) is 9.77. The lowest BCUT2D eigenvalue weighted by Crippen LogP contribution is -2.41. The number of nitrogens with zero attached hydrogens (tertiary/aromatic N) is 2. The van der Waals surface area contributed by atoms with Gasteiger partial charge in [0.25, 0.3) is 5.56 Å². The molecule has 142 valence electrons. The molecule has 1 aromatic rings. The third kappa shape index (κ3) is 4.65. The predicted octanol–water partition coefficient (Wildman–Crippen LogP) is 0.468. The van der Waals surface area contributed by atoms with Crippen LogP contribution in [0.3, 0.4) is 0 Å². The monoisotopic (exact) mass is 412 g/mol. The summed E-state index contributed by atoms with van der Waals surface area (Å²) in [5.74, 6) is 0.0165. The number of hydrogen-bond acceptors (Lipinski definition) is 7. The van der Waals surface area contributed by atoms with Crippen LogP contribution in [0.15, 0.2) is 11.0 Å². The van der Waals surface area contributed by atoms with Gasteiger partial charge in [-0.2, -0.15) is 5.10 Å². The van der Waals surface area contributed by atoms with Gasteiger partial charge in [-0.3, -0.25) is 4.79 Å². The lowest BCUT2D eigenvalue weighted by Gasteiger charge is -2.25. The number of piperidine rings is 1. The van der Waals surface area contributed by atoms with Crippen LogP contribution < -0.4 is 16.2 Å². The Morgan fingerprint density at radius 2 is 2.12 bits per heavy atom. The minimum Gasteiger partial charge on any atom is -0.381 e. The molecule has 0 radical (unpaired) electrons. The number of halogens is 2. The Bertz CT molecular complexity index is 750. The van der Waals surface area contributed by atoms with Crippen LogP contribution in [0.4, 0.5) is 5.69 Å². The predicted molar refractivity (Wildman–Crippen MR) is 98.8 cm³/mol. The second-order valence-electron chi connectivity index (χ2n) is 6.05. The highest BCUT2D eigenvalue weighted by atomic mass is 35.5. The van der Waals surface area contributed by atoms with E-state index in [1.54, 1.807) is 0 Å². The second kappa shape index (κ2) is 8.68. The van der Waals surface area contributed by atoms with Crippen molar-refractivity contribution in [3.05, 3.63) is 21.6 Å². The number of aromatic nitrogens is 2. The number of hydrogen-bond donors (Lipinski definition) is 2. The largest absolute Gasteiger partial charge is 0.381 e. The van der Waals surface area contributed by atoms with Gasteiger partial charge < -0.3 is 15.4 Å². The van der Waals surface area contributed by atoms with Crippen molar-refractivity contribution in [2.45, 2.75) is 24.1 Å². The first kappa shape index (κ1) is 20.4. The Balaban J connectivity index is 0.00000225. The third-order valence-corrected chi connectivity index (χ3v) is 6.86. The highest BCUT2D eigenvalue weighted by Gasteiger charge is 2.29. The molecule has 11 heteroatoms. The fourth-order valence-corrected chi connectivity index (χ4v) is 4.48. The molecule has 0 aromatic carbocycles. The molecule has 1 aromatic heterocycles. The maximum absolute atomic E-state index is 12.4. The maximum atomic E-state index is 12.4. The number of sulfone groups is 1. The minimum atomic E-state index is -3.18. The zero-order valence-corrected chi connectivity index (χ0v) is 16.0. The van der Waals surface area contributed by atoms with Crippen molar-refractivity contribution in [2.75, 3.05) is 43.9 Å². The van der Waals surface area contributed by atoms with E-state index in [-0.39, 0.29) is 54.5 Å². The number of nitrogens with one attached hydrogen (secondary N) is 2. The van der Waals surface area contributed by atoms with E-state index < -0.39 is 15.1 Å². The molecule has 0 spiro atoms. The highest BCUT2D eigenvalue weighted by Crippen LogP contribution is 2.21. The van der Waals surface area contributed by atoms with E-state index in [9.17, 15) is 13.2 Å². The first-order chi connectivity index (χ1) is 11.5. The molecule has 2 aliphatic heterocycles. The van der Waals surface area contributed by atoms with E-state index >= 15 is 0 Å². The van der Waals surface area contributed by atoms with Crippen molar-refractivity contribution < 1.29 is 13.2 Å². The van der Waals surface area contributed by atoms with Gasteiger partial charge in [0.2, 0.25) is 0 Å². The van der Waals surface area contributed by atoms with Crippen LogP contribution in [0.2, 0.25) is 5.02 Å². The van der Waals surface area contributed by atoms with Crippen LogP contribution in [-0.2, 0) is 14.6 Å². The summed E-state index contributed by atoms with van der Waals surface area (Å²) < 4.78 is 30.6. The summed E-state index contributed by atoms with van der Waals surface area (Å²) in [7, 11) is -3.18. The van der Waals surface area contributed by atoms with Crippen molar-refractivity contribution in [2.24, 2.45) is 0 Å². The SMILES string of the molecule is Cl.O=c1c(Cl)c(NCC2COCCS2(=O)=O)cnn1C1CCNCC1. The molecule has 1 unspecified atom stereocenters. The van der Waals surface area contributed by atoms with Crippen molar-refractivity contribution in [3.8, 4) is 0 Å². The topological polar surface area (TPSA) is 102 Å². The fraction of sp³-hybridized carbons (Fsp3) is 0.714. The molecule has 2 N–H and O–H groups in total. The number of ether oxygens (including phenoxy) is 1. The van der Waals surface area contributed by atoms with E-state index in [1.165, 1.54) is 10.9 Å². The molecular formula is C14H22Cl2N4O4S. The van der Waals surface area contributed by atoms with Gasteiger partial charge in [-0.25, -0.2) is 13.1 Å². The van der Waals surface area contributed by atoms with Crippen LogP contribution in [0.1, 0.15) is 18.9 Å². The summed E-state index contributed by atoms with van der Waals surface area (Å²) >= 11 is 6.17. The van der Waals surface area contributed by atoms with Crippen LogP contribution in [0.25, 0.3) is 0 Å². The average Bonchev–Trinajstić information content (AvgIpc) is 2.58. The van der Waals surface area contributed by atoms with E-state index in [4.69, 9.17) is 16.3 Å². The fourth-order valence-electron chi connectivity index (χ4n) is 2.95. The summed E-state index contributed by atoms with van der Waals surface area (Å²) in [6.07, 6.45) is 3.14. The molecule has 1 atom stereocenters. The maximum Gasteiger partial charge on any atom is 0.287 e. The van der Waals surface area contributed by atoms with Crippen LogP contribution in [0, 0.1) is 0 Å². The lowest BCUT2D eigenvalue weighted by molar-refractivity contribution is 0.140. The van der Waals surface area contributed by atoms with Gasteiger partial charge in [-0.15, -0.1) is 12.4 Å². The second-order valence-corrected chi connectivity index (χ2v) is 8.83. The number of anilines is 1. The molecule has 8 nitrogen and oxygen atoms in total. The van der Waals surface area contributed by atoms with Crippen LogP contribution in [0.5, 0.6) is 0 Å². The van der Waals surface area contributed by atoms with E-state index in [2.05, 4.69) is 15.7 Å². The average molecular weight is 413 g/mol. The molecule has 0 saturated carbocycles. The molecule has 2 fully saturated rings. The van der Waals surface area contributed by atoms with Crippen LogP contribution in [-0.4, -0.2) is 62.0 Å².